The molecule has 160 valence electrons. The minimum atomic E-state index is -0.176. The molecule has 0 bridgehead atoms. The minimum Gasteiger partial charge on any atom is -0.332 e. The summed E-state index contributed by atoms with van der Waals surface area (Å²) in [6.45, 7) is 1.45. The Morgan fingerprint density at radius 3 is 2.65 bits per heavy atom. The standard InChI is InChI=1S/C23H25N5O2S/c1-14(29)25-19-13-17(10-11-24-19)21-20(27-23(28-21)31-2)16-8-5-9-18(12-16)26-22(30)15-6-3-4-7-15/h5,8-13,15H,3-4,6-7H2,1-2H3,(H,26,30)(H,27,28)(H,24,25,29). The van der Waals surface area contributed by atoms with Gasteiger partial charge in [0.25, 0.3) is 0 Å². The van der Waals surface area contributed by atoms with Crippen molar-refractivity contribution < 1.29 is 9.59 Å². The Morgan fingerprint density at radius 1 is 1.10 bits per heavy atom. The summed E-state index contributed by atoms with van der Waals surface area (Å²) in [6, 6.07) is 11.4. The quantitative estimate of drug-likeness (QED) is 0.476. The molecule has 1 fully saturated rings. The molecule has 2 aromatic heterocycles. The van der Waals surface area contributed by atoms with Gasteiger partial charge >= 0.3 is 0 Å². The lowest BCUT2D eigenvalue weighted by molar-refractivity contribution is -0.119. The SMILES string of the molecule is CSc1nc(-c2cccc(NC(=O)C3CCCC3)c2)c(-c2ccnc(NC(C)=O)c2)[nH]1. The number of nitrogens with zero attached hydrogens (tertiary/aromatic N) is 2. The molecule has 8 heteroatoms. The molecule has 2 amide bonds. The summed E-state index contributed by atoms with van der Waals surface area (Å²) >= 11 is 1.52. The van der Waals surface area contributed by atoms with Gasteiger partial charge in [0, 0.05) is 35.9 Å². The number of imidazole rings is 1. The van der Waals surface area contributed by atoms with Crippen molar-refractivity contribution in [2.24, 2.45) is 5.92 Å². The van der Waals surface area contributed by atoms with Crippen LogP contribution in [0.5, 0.6) is 0 Å². The maximum absolute atomic E-state index is 12.5. The number of benzene rings is 1. The monoisotopic (exact) mass is 435 g/mol. The molecule has 2 heterocycles. The van der Waals surface area contributed by atoms with E-state index in [2.05, 4.69) is 20.6 Å². The Bertz CT molecular complexity index is 1100. The largest absolute Gasteiger partial charge is 0.332 e. The van der Waals surface area contributed by atoms with Crippen LogP contribution in [0, 0.1) is 5.92 Å². The van der Waals surface area contributed by atoms with E-state index in [1.807, 2.05) is 42.7 Å². The third-order valence-corrected chi connectivity index (χ3v) is 5.94. The van der Waals surface area contributed by atoms with Gasteiger partial charge in [0.15, 0.2) is 5.16 Å². The van der Waals surface area contributed by atoms with E-state index < -0.39 is 0 Å². The van der Waals surface area contributed by atoms with Crippen molar-refractivity contribution in [1.82, 2.24) is 15.0 Å². The Labute approximate surface area is 185 Å². The zero-order valence-corrected chi connectivity index (χ0v) is 18.4. The van der Waals surface area contributed by atoms with Gasteiger partial charge < -0.3 is 15.6 Å². The van der Waals surface area contributed by atoms with Crippen molar-refractivity contribution in [3.8, 4) is 22.5 Å². The summed E-state index contributed by atoms with van der Waals surface area (Å²) in [5.74, 6) is 0.506. The van der Waals surface area contributed by atoms with Crippen LogP contribution in [-0.2, 0) is 9.59 Å². The van der Waals surface area contributed by atoms with E-state index in [9.17, 15) is 9.59 Å². The molecule has 31 heavy (non-hydrogen) atoms. The summed E-state index contributed by atoms with van der Waals surface area (Å²) in [5.41, 5.74) is 4.14. The summed E-state index contributed by atoms with van der Waals surface area (Å²) in [4.78, 5) is 36.3. The first-order valence-electron chi connectivity index (χ1n) is 10.3. The molecule has 3 aromatic rings. The van der Waals surface area contributed by atoms with E-state index in [-0.39, 0.29) is 17.7 Å². The number of amides is 2. The lowest BCUT2D eigenvalue weighted by Crippen LogP contribution is -2.20. The highest BCUT2D eigenvalue weighted by Gasteiger charge is 2.23. The number of nitrogens with one attached hydrogen (secondary N) is 3. The molecule has 1 aromatic carbocycles. The van der Waals surface area contributed by atoms with Gasteiger partial charge in [-0.05, 0) is 43.4 Å². The lowest BCUT2D eigenvalue weighted by Gasteiger charge is -2.11. The zero-order valence-electron chi connectivity index (χ0n) is 17.6. The van der Waals surface area contributed by atoms with Crippen LogP contribution in [0.15, 0.2) is 47.8 Å². The first-order chi connectivity index (χ1) is 15.0. The number of aromatic amines is 1. The van der Waals surface area contributed by atoms with E-state index in [0.717, 1.165) is 59.0 Å². The van der Waals surface area contributed by atoms with Gasteiger partial charge in [-0.1, -0.05) is 36.7 Å². The average Bonchev–Trinajstić information content (AvgIpc) is 3.44. The zero-order chi connectivity index (χ0) is 21.8. The molecule has 0 atom stereocenters. The van der Waals surface area contributed by atoms with Crippen molar-refractivity contribution in [3.63, 3.8) is 0 Å². The number of aromatic nitrogens is 3. The molecule has 0 saturated heterocycles. The molecular weight excluding hydrogens is 410 g/mol. The van der Waals surface area contributed by atoms with Crippen molar-refractivity contribution in [3.05, 3.63) is 42.6 Å². The maximum Gasteiger partial charge on any atom is 0.227 e. The second-order valence-corrected chi connectivity index (χ2v) is 8.43. The number of rotatable bonds is 6. The predicted molar refractivity (Wildman–Crippen MR) is 124 cm³/mol. The topological polar surface area (TPSA) is 99.8 Å². The van der Waals surface area contributed by atoms with Crippen LogP contribution in [-0.4, -0.2) is 33.0 Å². The van der Waals surface area contributed by atoms with Crippen LogP contribution in [0.2, 0.25) is 0 Å². The Morgan fingerprint density at radius 2 is 1.90 bits per heavy atom. The summed E-state index contributed by atoms with van der Waals surface area (Å²) in [6.07, 6.45) is 7.79. The predicted octanol–water partition coefficient (Wildman–Crippen LogP) is 4.95. The molecule has 0 radical (unpaired) electrons. The van der Waals surface area contributed by atoms with Crippen molar-refractivity contribution in [1.29, 1.82) is 0 Å². The molecule has 1 aliphatic carbocycles. The molecule has 4 rings (SSSR count). The van der Waals surface area contributed by atoms with Crippen molar-refractivity contribution >= 4 is 35.1 Å². The highest BCUT2D eigenvalue weighted by Crippen LogP contribution is 2.34. The third-order valence-electron chi connectivity index (χ3n) is 5.36. The number of carbonyl (C=O) groups is 2. The molecule has 3 N–H and O–H groups in total. The number of hydrogen-bond donors (Lipinski definition) is 3. The van der Waals surface area contributed by atoms with Crippen LogP contribution < -0.4 is 10.6 Å². The average molecular weight is 436 g/mol. The highest BCUT2D eigenvalue weighted by molar-refractivity contribution is 7.98. The molecule has 0 unspecified atom stereocenters. The van der Waals surface area contributed by atoms with Gasteiger partial charge in [-0.15, -0.1) is 0 Å². The summed E-state index contributed by atoms with van der Waals surface area (Å²) in [5, 5.41) is 6.56. The van der Waals surface area contributed by atoms with Gasteiger partial charge in [-0.2, -0.15) is 0 Å². The second-order valence-electron chi connectivity index (χ2n) is 7.63. The van der Waals surface area contributed by atoms with Crippen LogP contribution in [0.1, 0.15) is 32.6 Å². The molecule has 1 saturated carbocycles. The molecule has 0 spiro atoms. The number of hydrogen-bond acceptors (Lipinski definition) is 5. The number of pyridine rings is 1. The van der Waals surface area contributed by atoms with Gasteiger partial charge in [0.1, 0.15) is 5.82 Å². The van der Waals surface area contributed by atoms with E-state index >= 15 is 0 Å². The maximum atomic E-state index is 12.5. The van der Waals surface area contributed by atoms with Gasteiger partial charge in [0.05, 0.1) is 11.4 Å². The first kappa shape index (κ1) is 21.1. The third kappa shape index (κ3) is 4.96. The lowest BCUT2D eigenvalue weighted by atomic mass is 10.0. The second kappa shape index (κ2) is 9.34. The van der Waals surface area contributed by atoms with Crippen LogP contribution in [0.4, 0.5) is 11.5 Å². The molecular formula is C23H25N5O2S. The van der Waals surface area contributed by atoms with Gasteiger partial charge in [0.2, 0.25) is 11.8 Å². The number of anilines is 2. The smallest absolute Gasteiger partial charge is 0.227 e. The van der Waals surface area contributed by atoms with Crippen LogP contribution in [0.3, 0.4) is 0 Å². The van der Waals surface area contributed by atoms with Crippen molar-refractivity contribution in [2.45, 2.75) is 37.8 Å². The highest BCUT2D eigenvalue weighted by atomic mass is 32.2. The van der Waals surface area contributed by atoms with Gasteiger partial charge in [-0.25, -0.2) is 9.97 Å². The molecule has 7 nitrogen and oxygen atoms in total. The Kier molecular flexibility index (Phi) is 6.36. The fourth-order valence-corrected chi connectivity index (χ4v) is 4.26. The van der Waals surface area contributed by atoms with Crippen molar-refractivity contribution in [2.75, 3.05) is 16.9 Å². The molecule has 1 aliphatic rings. The Balaban J connectivity index is 1.66. The number of carbonyl (C=O) groups excluding carboxylic acids is 2. The molecule has 0 aliphatic heterocycles. The fourth-order valence-electron chi connectivity index (χ4n) is 3.88. The number of H-pyrrole nitrogens is 1. The summed E-state index contributed by atoms with van der Waals surface area (Å²) in [7, 11) is 0. The minimum absolute atomic E-state index is 0.0933. The summed E-state index contributed by atoms with van der Waals surface area (Å²) < 4.78 is 0. The first-order valence-corrected chi connectivity index (χ1v) is 11.6. The normalized spacial score (nSPS) is 13.9. The van der Waals surface area contributed by atoms with Gasteiger partial charge in [-0.3, -0.25) is 9.59 Å². The van der Waals surface area contributed by atoms with E-state index in [0.29, 0.717) is 5.82 Å². The van der Waals surface area contributed by atoms with Crippen LogP contribution in [0.25, 0.3) is 22.5 Å². The van der Waals surface area contributed by atoms with E-state index in [4.69, 9.17) is 4.98 Å². The number of thioether (sulfide) groups is 1. The fraction of sp³-hybridized carbons (Fsp3) is 0.304. The van der Waals surface area contributed by atoms with Crippen LogP contribution >= 0.6 is 11.8 Å². The van der Waals surface area contributed by atoms with E-state index in [1.165, 1.54) is 18.7 Å². The van der Waals surface area contributed by atoms with E-state index in [1.54, 1.807) is 6.20 Å². The Hall–Kier alpha value is -3.13.